The molecule has 2 rings (SSSR count). The highest BCUT2D eigenvalue weighted by Crippen LogP contribution is 2.13. The maximum Gasteiger partial charge on any atom is 0.309 e. The largest absolute Gasteiger partial charge is 0.481 e. The Bertz CT molecular complexity index is 497. The summed E-state index contributed by atoms with van der Waals surface area (Å²) < 4.78 is 0. The third-order valence-corrected chi connectivity index (χ3v) is 2.07. The first kappa shape index (κ1) is 10.3. The van der Waals surface area contributed by atoms with Crippen molar-refractivity contribution < 1.29 is 9.90 Å². The zero-order valence-electron chi connectivity index (χ0n) is 8.50. The Hall–Kier alpha value is -2.23. The standard InChI is InChI=1S/C12H10N2O2/c15-12(16)8-9-4-3-6-11(14-9)10-5-1-2-7-13-10/h1-7H,8H2,(H,15,16). The van der Waals surface area contributed by atoms with E-state index < -0.39 is 5.97 Å². The maximum atomic E-state index is 10.6. The molecule has 0 radical (unpaired) electrons. The highest BCUT2D eigenvalue weighted by atomic mass is 16.4. The lowest BCUT2D eigenvalue weighted by molar-refractivity contribution is -0.136. The fourth-order valence-electron chi connectivity index (χ4n) is 1.39. The molecule has 0 amide bonds. The van der Waals surface area contributed by atoms with E-state index in [9.17, 15) is 4.79 Å². The number of hydrogen-bond donors (Lipinski definition) is 1. The molecule has 80 valence electrons. The molecular formula is C12H10N2O2. The maximum absolute atomic E-state index is 10.6. The van der Waals surface area contributed by atoms with Gasteiger partial charge in [0.2, 0.25) is 0 Å². The van der Waals surface area contributed by atoms with Gasteiger partial charge >= 0.3 is 5.97 Å². The highest BCUT2D eigenvalue weighted by Gasteiger charge is 2.04. The average Bonchev–Trinajstić information content (AvgIpc) is 2.30. The zero-order chi connectivity index (χ0) is 11.4. The predicted octanol–water partition coefficient (Wildman–Crippen LogP) is 1.77. The van der Waals surface area contributed by atoms with Gasteiger partial charge in [-0.3, -0.25) is 14.8 Å². The van der Waals surface area contributed by atoms with E-state index in [1.807, 2.05) is 24.3 Å². The average molecular weight is 214 g/mol. The van der Waals surface area contributed by atoms with Crippen molar-refractivity contribution in [3.05, 3.63) is 48.3 Å². The zero-order valence-corrected chi connectivity index (χ0v) is 8.50. The molecule has 0 fully saturated rings. The van der Waals surface area contributed by atoms with Crippen LogP contribution < -0.4 is 0 Å². The van der Waals surface area contributed by atoms with E-state index in [4.69, 9.17) is 5.11 Å². The predicted molar refractivity (Wildman–Crippen MR) is 58.8 cm³/mol. The van der Waals surface area contributed by atoms with Crippen molar-refractivity contribution in [3.63, 3.8) is 0 Å². The Kier molecular flexibility index (Phi) is 2.91. The molecule has 1 N–H and O–H groups in total. The number of pyridine rings is 2. The van der Waals surface area contributed by atoms with Crippen LogP contribution in [-0.4, -0.2) is 21.0 Å². The molecule has 4 nitrogen and oxygen atoms in total. The number of carboxylic acids is 1. The van der Waals surface area contributed by atoms with Crippen LogP contribution in [-0.2, 0) is 11.2 Å². The summed E-state index contributed by atoms with van der Waals surface area (Å²) in [6.07, 6.45) is 1.61. The van der Waals surface area contributed by atoms with E-state index in [2.05, 4.69) is 9.97 Å². The Morgan fingerprint density at radius 3 is 2.62 bits per heavy atom. The van der Waals surface area contributed by atoms with Gasteiger partial charge in [0, 0.05) is 6.20 Å². The van der Waals surface area contributed by atoms with E-state index >= 15 is 0 Å². The number of carbonyl (C=O) groups is 1. The Morgan fingerprint density at radius 2 is 1.94 bits per heavy atom. The van der Waals surface area contributed by atoms with Crippen LogP contribution >= 0.6 is 0 Å². The van der Waals surface area contributed by atoms with Crippen LogP contribution in [0.2, 0.25) is 0 Å². The van der Waals surface area contributed by atoms with Crippen molar-refractivity contribution in [1.82, 2.24) is 9.97 Å². The summed E-state index contributed by atoms with van der Waals surface area (Å²) in [5.74, 6) is -0.884. The summed E-state index contributed by atoms with van der Waals surface area (Å²) >= 11 is 0. The Morgan fingerprint density at radius 1 is 1.12 bits per heavy atom. The molecule has 0 saturated heterocycles. The van der Waals surface area contributed by atoms with Gasteiger partial charge in [-0.1, -0.05) is 12.1 Å². The van der Waals surface area contributed by atoms with Crippen LogP contribution in [0.25, 0.3) is 11.4 Å². The molecule has 0 unspecified atom stereocenters. The van der Waals surface area contributed by atoms with Crippen LogP contribution in [0.1, 0.15) is 5.69 Å². The first-order valence-corrected chi connectivity index (χ1v) is 4.85. The lowest BCUT2D eigenvalue weighted by Crippen LogP contribution is -2.02. The van der Waals surface area contributed by atoms with Crippen LogP contribution in [0.4, 0.5) is 0 Å². The number of aromatic nitrogens is 2. The lowest BCUT2D eigenvalue weighted by Gasteiger charge is -2.01. The molecular weight excluding hydrogens is 204 g/mol. The molecule has 0 bridgehead atoms. The SMILES string of the molecule is O=C(O)Cc1cccc(-c2ccccn2)n1. The fourth-order valence-corrected chi connectivity index (χ4v) is 1.39. The molecule has 2 heterocycles. The molecule has 0 aliphatic carbocycles. The molecule has 16 heavy (non-hydrogen) atoms. The summed E-state index contributed by atoms with van der Waals surface area (Å²) in [6, 6.07) is 10.8. The van der Waals surface area contributed by atoms with Gasteiger partial charge < -0.3 is 5.11 Å². The summed E-state index contributed by atoms with van der Waals surface area (Å²) in [6.45, 7) is 0. The molecule has 2 aromatic heterocycles. The van der Waals surface area contributed by atoms with Crippen molar-refractivity contribution >= 4 is 5.97 Å². The third kappa shape index (κ3) is 2.42. The molecule has 0 spiro atoms. The van der Waals surface area contributed by atoms with Gasteiger partial charge in [0.1, 0.15) is 0 Å². The van der Waals surface area contributed by atoms with Crippen LogP contribution in [0.3, 0.4) is 0 Å². The molecule has 0 saturated carbocycles. The lowest BCUT2D eigenvalue weighted by atomic mass is 10.2. The van der Waals surface area contributed by atoms with Gasteiger partial charge in [0.25, 0.3) is 0 Å². The van der Waals surface area contributed by atoms with E-state index in [-0.39, 0.29) is 6.42 Å². The minimum absolute atomic E-state index is 0.0688. The van der Waals surface area contributed by atoms with Crippen LogP contribution in [0.5, 0.6) is 0 Å². The molecule has 0 atom stereocenters. The number of hydrogen-bond acceptors (Lipinski definition) is 3. The first-order chi connectivity index (χ1) is 7.75. The van der Waals surface area contributed by atoms with Crippen molar-refractivity contribution in [2.75, 3.05) is 0 Å². The minimum Gasteiger partial charge on any atom is -0.481 e. The van der Waals surface area contributed by atoms with Gasteiger partial charge in [-0.05, 0) is 24.3 Å². The second kappa shape index (κ2) is 4.53. The summed E-state index contributed by atoms with van der Waals surface area (Å²) in [7, 11) is 0. The summed E-state index contributed by atoms with van der Waals surface area (Å²) in [5, 5.41) is 8.67. The smallest absolute Gasteiger partial charge is 0.309 e. The van der Waals surface area contributed by atoms with Gasteiger partial charge in [0.05, 0.1) is 23.5 Å². The minimum atomic E-state index is -0.884. The molecule has 4 heteroatoms. The van der Waals surface area contributed by atoms with Crippen molar-refractivity contribution in [3.8, 4) is 11.4 Å². The normalized spacial score (nSPS) is 10.0. The van der Waals surface area contributed by atoms with E-state index in [0.717, 1.165) is 5.69 Å². The van der Waals surface area contributed by atoms with Crippen LogP contribution in [0, 0.1) is 0 Å². The number of rotatable bonds is 3. The van der Waals surface area contributed by atoms with E-state index in [1.54, 1.807) is 18.3 Å². The van der Waals surface area contributed by atoms with E-state index in [1.165, 1.54) is 0 Å². The van der Waals surface area contributed by atoms with Crippen molar-refractivity contribution in [1.29, 1.82) is 0 Å². The first-order valence-electron chi connectivity index (χ1n) is 4.85. The number of carboxylic acid groups (broad SMARTS) is 1. The van der Waals surface area contributed by atoms with E-state index in [0.29, 0.717) is 11.4 Å². The van der Waals surface area contributed by atoms with Gasteiger partial charge in [-0.25, -0.2) is 0 Å². The number of nitrogens with zero attached hydrogens (tertiary/aromatic N) is 2. The second-order valence-corrected chi connectivity index (χ2v) is 3.30. The van der Waals surface area contributed by atoms with Gasteiger partial charge in [-0.15, -0.1) is 0 Å². The topological polar surface area (TPSA) is 63.1 Å². The quantitative estimate of drug-likeness (QED) is 0.845. The summed E-state index contributed by atoms with van der Waals surface area (Å²) in [5.41, 5.74) is 1.98. The highest BCUT2D eigenvalue weighted by molar-refractivity contribution is 5.69. The van der Waals surface area contributed by atoms with Crippen LogP contribution in [0.15, 0.2) is 42.6 Å². The van der Waals surface area contributed by atoms with Gasteiger partial charge in [0.15, 0.2) is 0 Å². The molecule has 2 aromatic rings. The molecule has 0 aromatic carbocycles. The fraction of sp³-hybridized carbons (Fsp3) is 0.0833. The van der Waals surface area contributed by atoms with Gasteiger partial charge in [-0.2, -0.15) is 0 Å². The van der Waals surface area contributed by atoms with Crippen molar-refractivity contribution in [2.24, 2.45) is 0 Å². The third-order valence-electron chi connectivity index (χ3n) is 2.07. The monoisotopic (exact) mass is 214 g/mol. The molecule has 0 aliphatic heterocycles. The van der Waals surface area contributed by atoms with Crippen molar-refractivity contribution in [2.45, 2.75) is 6.42 Å². The second-order valence-electron chi connectivity index (χ2n) is 3.30. The number of aliphatic carboxylic acids is 1. The molecule has 0 aliphatic rings. The Labute approximate surface area is 92.6 Å². The summed E-state index contributed by atoms with van der Waals surface area (Å²) in [4.78, 5) is 19.0. The Balaban J connectivity index is 2.33.